The van der Waals surface area contributed by atoms with Gasteiger partial charge in [0.1, 0.15) is 49.4 Å². The molecule has 600 valence electrons. The van der Waals surface area contributed by atoms with Crippen LogP contribution in [0.15, 0.2) is 194 Å². The van der Waals surface area contributed by atoms with E-state index >= 15 is 0 Å². The highest BCUT2D eigenvalue weighted by molar-refractivity contribution is 6.05. The number of aromatic amines is 4. The van der Waals surface area contributed by atoms with Crippen LogP contribution in [0.3, 0.4) is 0 Å². The number of rotatable bonds is 4. The zero-order valence-corrected chi connectivity index (χ0v) is 71.3. The first kappa shape index (κ1) is 78.3. The highest BCUT2D eigenvalue weighted by atomic mass is 16.5. The molecule has 4 N–H and O–H groups in total. The molecule has 0 radical (unpaired) electrons. The number of aromatic nitrogens is 8. The minimum Gasteiger partial charge on any atom is -0.481 e. The third-order valence-electron chi connectivity index (χ3n) is 23.4. The Morgan fingerprint density at radius 1 is 0.210 bits per heavy atom. The number of H-pyrrole nitrogens is 4. The fourth-order valence-electron chi connectivity index (χ4n) is 18.7. The van der Waals surface area contributed by atoms with E-state index in [-0.39, 0.29) is 26.4 Å². The lowest BCUT2D eigenvalue weighted by atomic mass is 9.92. The van der Waals surface area contributed by atoms with Gasteiger partial charge in [0.05, 0.1) is 45.6 Å². The van der Waals surface area contributed by atoms with Crippen LogP contribution in [-0.4, -0.2) is 66.3 Å². The number of aryl methyl sites for hydroxylation is 12. The summed E-state index contributed by atoms with van der Waals surface area (Å²) < 4.78 is 26.1. The fourth-order valence-corrected chi connectivity index (χ4v) is 18.7. The maximum Gasteiger partial charge on any atom is 0.150 e. The molecule has 124 heavy (non-hydrogen) atoms. The number of benzene rings is 8. The Labute approximate surface area is 722 Å². The van der Waals surface area contributed by atoms with Gasteiger partial charge in [-0.1, -0.05) is 119 Å². The molecule has 12 heterocycles. The molecule has 6 aliphatic heterocycles. The van der Waals surface area contributed by atoms with Crippen LogP contribution in [0, 0.1) is 130 Å². The number of fused-ring (bicyclic) bond motifs is 14. The van der Waals surface area contributed by atoms with Crippen LogP contribution in [-0.2, 0) is 0 Å². The van der Waals surface area contributed by atoms with Crippen molar-refractivity contribution in [3.05, 3.63) is 306 Å². The van der Waals surface area contributed by atoms with Gasteiger partial charge in [-0.05, 0) is 365 Å². The SMILES string of the molecule is Cc1cc(C)c(-c2c3nc(c4c5ccc([nH]5)c(-c5c(C)cc(C)cc5C)c5nc(c(c6ccc2[nH]6)-c2cccc(c2)OCC#CC#CCOc2cccc(c2)-c2c6nc(c(-c7c(C)cc(C)cc7C)c7ccc([nH]7)c(c7nc(c(-c8c(C)cc(C)cc8C)c8ccc2[nH]8)C=C7)-c2cccc(c2)OCC#CC#CCOc2cccc-4c2)C=C6)C=C5)C=C3)c(C)c1. The first-order chi connectivity index (χ1) is 60.4. The highest BCUT2D eigenvalue weighted by Crippen LogP contribution is 2.46. The zero-order chi connectivity index (χ0) is 85.0. The molecule has 28 bridgehead atoms. The number of hydrogen-bond donors (Lipinski definition) is 4. The van der Waals surface area contributed by atoms with Gasteiger partial charge >= 0.3 is 0 Å². The topological polar surface area (TPSA) is 152 Å². The molecule has 0 atom stereocenters. The molecule has 14 aromatic rings. The lowest BCUT2D eigenvalue weighted by Crippen LogP contribution is -1.96. The second-order valence-electron chi connectivity index (χ2n) is 32.6. The van der Waals surface area contributed by atoms with Gasteiger partial charge in [0.15, 0.2) is 0 Å². The summed E-state index contributed by atoms with van der Waals surface area (Å²) in [5.41, 5.74) is 42.6. The third-order valence-corrected chi connectivity index (χ3v) is 23.4. The van der Waals surface area contributed by atoms with Crippen molar-refractivity contribution in [1.29, 1.82) is 0 Å². The number of ether oxygens (including phenoxy) is 4. The monoisotopic (exact) mass is 1610 g/mol. The minimum absolute atomic E-state index is 0.0871. The third kappa shape index (κ3) is 15.3. The van der Waals surface area contributed by atoms with E-state index in [0.29, 0.717) is 23.0 Å². The summed E-state index contributed by atoms with van der Waals surface area (Å²) in [6.07, 6.45) is 17.1. The summed E-state index contributed by atoms with van der Waals surface area (Å²) in [7, 11) is 0. The van der Waals surface area contributed by atoms with E-state index in [1.54, 1.807) is 0 Å². The van der Waals surface area contributed by atoms with E-state index in [2.05, 4.69) is 345 Å². The molecular weight excluding hydrogens is 1520 g/mol. The molecular formula is C112H88N8O4. The number of nitrogens with zero attached hydrogens (tertiary/aromatic N) is 4. The molecule has 6 aliphatic rings. The molecule has 0 saturated heterocycles. The Morgan fingerprint density at radius 3 is 0.581 bits per heavy atom. The largest absolute Gasteiger partial charge is 0.481 e. The maximum absolute atomic E-state index is 6.51. The first-order valence-corrected chi connectivity index (χ1v) is 41.9. The van der Waals surface area contributed by atoms with Crippen LogP contribution in [0.25, 0.3) is 182 Å². The van der Waals surface area contributed by atoms with E-state index in [9.17, 15) is 0 Å². The molecule has 8 aromatic carbocycles. The van der Waals surface area contributed by atoms with Crippen LogP contribution in [0.4, 0.5) is 0 Å². The van der Waals surface area contributed by atoms with Crippen molar-refractivity contribution in [3.63, 3.8) is 0 Å². The van der Waals surface area contributed by atoms with Gasteiger partial charge < -0.3 is 38.9 Å². The summed E-state index contributed by atoms with van der Waals surface area (Å²) in [5.74, 6) is 27.4. The highest BCUT2D eigenvalue weighted by Gasteiger charge is 2.27. The van der Waals surface area contributed by atoms with Crippen molar-refractivity contribution in [2.45, 2.75) is 83.1 Å². The van der Waals surface area contributed by atoms with Crippen molar-refractivity contribution >= 4 is 92.7 Å². The molecule has 12 heteroatoms. The second kappa shape index (κ2) is 32.8. The van der Waals surface area contributed by atoms with Gasteiger partial charge in [0.25, 0.3) is 0 Å². The zero-order valence-electron chi connectivity index (χ0n) is 71.3. The Hall–Kier alpha value is -15.6. The molecule has 20 rings (SSSR count). The van der Waals surface area contributed by atoms with Gasteiger partial charge in [-0.25, -0.2) is 19.9 Å². The van der Waals surface area contributed by atoms with Crippen molar-refractivity contribution in [3.8, 4) is 159 Å². The van der Waals surface area contributed by atoms with Crippen molar-refractivity contribution < 1.29 is 18.9 Å². The first-order valence-electron chi connectivity index (χ1n) is 41.9. The average molecular weight is 1610 g/mol. The second-order valence-corrected chi connectivity index (χ2v) is 32.6. The average Bonchev–Trinajstić information content (AvgIpc) is 1.59. The van der Waals surface area contributed by atoms with Gasteiger partial charge in [0.2, 0.25) is 0 Å². The molecule has 0 aliphatic carbocycles. The summed E-state index contributed by atoms with van der Waals surface area (Å²) in [6, 6.07) is 67.9. The summed E-state index contributed by atoms with van der Waals surface area (Å²) in [6.45, 7) is 26.4. The van der Waals surface area contributed by atoms with Gasteiger partial charge in [-0.15, -0.1) is 0 Å². The normalized spacial score (nSPS) is 12.7. The summed E-state index contributed by atoms with van der Waals surface area (Å²) in [5, 5.41) is 0. The molecule has 0 fully saturated rings. The van der Waals surface area contributed by atoms with E-state index in [4.69, 9.17) is 38.9 Å². The Morgan fingerprint density at radius 2 is 0.387 bits per heavy atom. The molecule has 0 unspecified atom stereocenters. The lowest BCUT2D eigenvalue weighted by Gasteiger charge is -2.13. The molecule has 0 amide bonds. The summed E-state index contributed by atoms with van der Waals surface area (Å²) in [4.78, 5) is 38.7. The quantitative estimate of drug-likeness (QED) is 0.127. The van der Waals surface area contributed by atoms with Crippen molar-refractivity contribution in [2.24, 2.45) is 0 Å². The molecule has 0 saturated carbocycles. The molecule has 12 nitrogen and oxygen atoms in total. The van der Waals surface area contributed by atoms with Crippen molar-refractivity contribution in [2.75, 3.05) is 26.4 Å². The van der Waals surface area contributed by atoms with Gasteiger partial charge in [-0.3, -0.25) is 0 Å². The van der Waals surface area contributed by atoms with Crippen LogP contribution in [0.1, 0.15) is 112 Å². The van der Waals surface area contributed by atoms with Crippen LogP contribution in [0.2, 0.25) is 0 Å². The maximum atomic E-state index is 6.51. The smallest absolute Gasteiger partial charge is 0.150 e. The number of hydrogen-bond acceptors (Lipinski definition) is 8. The van der Waals surface area contributed by atoms with Crippen LogP contribution in [0.5, 0.6) is 23.0 Å². The predicted octanol–water partition coefficient (Wildman–Crippen LogP) is 25.9. The van der Waals surface area contributed by atoms with Crippen molar-refractivity contribution in [1.82, 2.24) is 39.9 Å². The van der Waals surface area contributed by atoms with Gasteiger partial charge in [0, 0.05) is 88.6 Å². The molecule has 6 aromatic heterocycles. The van der Waals surface area contributed by atoms with Crippen LogP contribution >= 0.6 is 0 Å². The Balaban J connectivity index is 0.775. The van der Waals surface area contributed by atoms with E-state index < -0.39 is 0 Å². The summed E-state index contributed by atoms with van der Waals surface area (Å²) >= 11 is 0. The van der Waals surface area contributed by atoms with E-state index in [1.165, 1.54) is 22.3 Å². The van der Waals surface area contributed by atoms with Gasteiger partial charge in [-0.2, -0.15) is 0 Å². The predicted molar refractivity (Wildman–Crippen MR) is 511 cm³/mol. The Kier molecular flexibility index (Phi) is 20.7. The lowest BCUT2D eigenvalue weighted by molar-refractivity contribution is 0.370. The Bertz CT molecular complexity index is 6690. The van der Waals surface area contributed by atoms with E-state index in [1.807, 2.05) is 48.5 Å². The van der Waals surface area contributed by atoms with Crippen LogP contribution < -0.4 is 18.9 Å². The minimum atomic E-state index is 0.0871. The standard InChI is InChI=1S/C112H88N8O4/c1-65-53-69(5)101(70(6)54-65)109-93-41-33-85(113-93)105-77-25-21-29-81(61-77)121-49-17-13-15-19-51-123-83-31-23-27-79(63-83)107-89-37-45-97(117-89)111(103-73(9)57-67(3)58-74(103)10)98-46-38-90(118-98)108(92-40-48-100(120-92)112(99-47-39-91(107)119-99)104-75(11)59-68(4)60-76(104)12)80-28-24-32-84(64-80)124-52-20-16-14-18-50-122-82-30-22-26-78(62-82)106(86-34-42-94(109)114-86)88-36-44-96(116-88)110(95-43-35-87(105)115-95)102-71(7)55-66(2)56-72(102)8/h21-48,53-64,113,116-117,120H,49-52H2,1-12H3. The number of nitrogens with one attached hydrogen (secondary N) is 4. The fraction of sp³-hybridized carbons (Fsp3) is 0.143. The van der Waals surface area contributed by atoms with E-state index in [0.717, 1.165) is 223 Å². The molecule has 0 spiro atoms.